The van der Waals surface area contributed by atoms with Crippen LogP contribution >= 0.6 is 0 Å². The van der Waals surface area contributed by atoms with Gasteiger partial charge in [-0.3, -0.25) is 10.1 Å². The molecular formula is C13H19N3O4S. The monoisotopic (exact) mass is 313 g/mol. The van der Waals surface area contributed by atoms with Gasteiger partial charge in [0.1, 0.15) is 0 Å². The molecule has 1 aliphatic heterocycles. The molecule has 1 saturated heterocycles. The highest BCUT2D eigenvalue weighted by atomic mass is 32.2. The van der Waals surface area contributed by atoms with Crippen molar-refractivity contribution in [3.8, 4) is 0 Å². The predicted octanol–water partition coefficient (Wildman–Crippen LogP) is 1.32. The Morgan fingerprint density at radius 2 is 2.24 bits per heavy atom. The van der Waals surface area contributed by atoms with Crippen molar-refractivity contribution in [2.24, 2.45) is 0 Å². The Labute approximate surface area is 123 Å². The molecule has 1 aromatic carbocycles. The lowest BCUT2D eigenvalue weighted by Crippen LogP contribution is -2.31. The van der Waals surface area contributed by atoms with Gasteiger partial charge in [-0.2, -0.15) is 0 Å². The Morgan fingerprint density at radius 1 is 1.48 bits per heavy atom. The number of nitro benzene ring substituents is 1. The van der Waals surface area contributed by atoms with Crippen LogP contribution in [0.5, 0.6) is 0 Å². The van der Waals surface area contributed by atoms with E-state index in [1.165, 1.54) is 12.1 Å². The number of sulfonamides is 1. The first-order chi connectivity index (χ1) is 9.92. The molecule has 21 heavy (non-hydrogen) atoms. The smallest absolute Gasteiger partial charge is 0.289 e. The van der Waals surface area contributed by atoms with Gasteiger partial charge in [0.05, 0.1) is 4.92 Å². The van der Waals surface area contributed by atoms with Crippen LogP contribution in [-0.2, 0) is 10.0 Å². The third-order valence-corrected chi connectivity index (χ3v) is 5.26. The van der Waals surface area contributed by atoms with E-state index in [9.17, 15) is 18.5 Å². The number of nitrogens with one attached hydrogen (secondary N) is 2. The molecule has 2 rings (SSSR count). The SMILES string of the molecule is Cc1cccc([N+](=O)[O-])c1S(=O)(=O)NCC[C@@H]1CCCN1. The van der Waals surface area contributed by atoms with Gasteiger partial charge < -0.3 is 5.32 Å². The lowest BCUT2D eigenvalue weighted by Gasteiger charge is -2.12. The molecule has 7 nitrogen and oxygen atoms in total. The number of aryl methyl sites for hydroxylation is 1. The lowest BCUT2D eigenvalue weighted by atomic mass is 10.2. The number of nitrogens with zero attached hydrogens (tertiary/aromatic N) is 1. The maximum Gasteiger partial charge on any atom is 0.289 e. The van der Waals surface area contributed by atoms with Crippen molar-refractivity contribution < 1.29 is 13.3 Å². The van der Waals surface area contributed by atoms with Gasteiger partial charge in [-0.1, -0.05) is 12.1 Å². The highest BCUT2D eigenvalue weighted by molar-refractivity contribution is 7.89. The maximum atomic E-state index is 12.3. The zero-order valence-corrected chi connectivity index (χ0v) is 12.6. The minimum absolute atomic E-state index is 0.241. The molecule has 0 amide bonds. The van der Waals surface area contributed by atoms with Crippen LogP contribution in [0.2, 0.25) is 0 Å². The highest BCUT2D eigenvalue weighted by Crippen LogP contribution is 2.26. The molecule has 1 aromatic rings. The van der Waals surface area contributed by atoms with E-state index in [4.69, 9.17) is 0 Å². The van der Waals surface area contributed by atoms with Crippen LogP contribution < -0.4 is 10.0 Å². The van der Waals surface area contributed by atoms with Gasteiger partial charge in [0, 0.05) is 18.7 Å². The van der Waals surface area contributed by atoms with Crippen LogP contribution in [0.15, 0.2) is 23.1 Å². The molecule has 116 valence electrons. The first kappa shape index (κ1) is 15.9. The lowest BCUT2D eigenvalue weighted by molar-refractivity contribution is -0.387. The first-order valence-corrected chi connectivity index (χ1v) is 8.37. The predicted molar refractivity (Wildman–Crippen MR) is 78.7 cm³/mol. The van der Waals surface area contributed by atoms with E-state index in [0.29, 0.717) is 18.0 Å². The molecule has 0 radical (unpaired) electrons. The highest BCUT2D eigenvalue weighted by Gasteiger charge is 2.27. The topological polar surface area (TPSA) is 101 Å². The summed E-state index contributed by atoms with van der Waals surface area (Å²) in [7, 11) is -3.88. The Morgan fingerprint density at radius 3 is 2.86 bits per heavy atom. The van der Waals surface area contributed by atoms with E-state index < -0.39 is 14.9 Å². The molecule has 2 N–H and O–H groups in total. The van der Waals surface area contributed by atoms with Crippen molar-refractivity contribution in [2.45, 2.75) is 37.1 Å². The van der Waals surface area contributed by atoms with Gasteiger partial charge in [0.25, 0.3) is 5.69 Å². The standard InChI is InChI=1S/C13H19N3O4S/c1-10-4-2-6-12(16(17)18)13(10)21(19,20)15-9-7-11-5-3-8-14-11/h2,4,6,11,14-15H,3,5,7-9H2,1H3/t11-/m0/s1. The fraction of sp³-hybridized carbons (Fsp3) is 0.538. The summed E-state index contributed by atoms with van der Waals surface area (Å²) in [4.78, 5) is 10.1. The second kappa shape index (κ2) is 6.50. The quantitative estimate of drug-likeness (QED) is 0.609. The van der Waals surface area contributed by atoms with Crippen molar-refractivity contribution in [3.05, 3.63) is 33.9 Å². The molecule has 1 heterocycles. The number of benzene rings is 1. The Bertz CT molecular complexity index is 624. The van der Waals surface area contributed by atoms with Gasteiger partial charge in [0.2, 0.25) is 10.0 Å². The molecule has 0 unspecified atom stereocenters. The van der Waals surface area contributed by atoms with E-state index in [1.54, 1.807) is 13.0 Å². The van der Waals surface area contributed by atoms with Crippen molar-refractivity contribution in [1.29, 1.82) is 0 Å². The number of hydrogen-bond acceptors (Lipinski definition) is 5. The fourth-order valence-electron chi connectivity index (χ4n) is 2.57. The fourth-order valence-corrected chi connectivity index (χ4v) is 4.01. The molecule has 0 aromatic heterocycles. The number of nitro groups is 1. The minimum atomic E-state index is -3.88. The minimum Gasteiger partial charge on any atom is -0.314 e. The van der Waals surface area contributed by atoms with Crippen molar-refractivity contribution >= 4 is 15.7 Å². The molecule has 8 heteroatoms. The van der Waals surface area contributed by atoms with Crippen LogP contribution in [0.4, 0.5) is 5.69 Å². The molecule has 1 aliphatic rings. The summed E-state index contributed by atoms with van der Waals surface area (Å²) in [6.07, 6.45) is 2.81. The van der Waals surface area contributed by atoms with Crippen molar-refractivity contribution in [3.63, 3.8) is 0 Å². The second-order valence-corrected chi connectivity index (χ2v) is 6.86. The maximum absolute atomic E-state index is 12.3. The third-order valence-electron chi connectivity index (χ3n) is 3.60. The summed E-state index contributed by atoms with van der Waals surface area (Å²) in [5.41, 5.74) is -0.0165. The van der Waals surface area contributed by atoms with E-state index in [1.807, 2.05) is 0 Å². The zero-order valence-electron chi connectivity index (χ0n) is 11.8. The van der Waals surface area contributed by atoms with Crippen LogP contribution in [0.25, 0.3) is 0 Å². The van der Waals surface area contributed by atoms with Gasteiger partial charge in [0.15, 0.2) is 4.90 Å². The average Bonchev–Trinajstić information content (AvgIpc) is 2.91. The third kappa shape index (κ3) is 3.78. The Kier molecular flexibility index (Phi) is 4.92. The largest absolute Gasteiger partial charge is 0.314 e. The van der Waals surface area contributed by atoms with E-state index in [0.717, 1.165) is 19.4 Å². The van der Waals surface area contributed by atoms with E-state index in [2.05, 4.69) is 10.0 Å². The average molecular weight is 313 g/mol. The number of rotatable bonds is 6. The van der Waals surface area contributed by atoms with E-state index >= 15 is 0 Å². The summed E-state index contributed by atoms with van der Waals surface area (Å²) in [6, 6.07) is 4.56. The van der Waals surface area contributed by atoms with Crippen LogP contribution in [0.3, 0.4) is 0 Å². The summed E-state index contributed by atoms with van der Waals surface area (Å²) < 4.78 is 27.1. The van der Waals surface area contributed by atoms with Gasteiger partial charge in [-0.15, -0.1) is 0 Å². The molecule has 0 aliphatic carbocycles. The molecule has 1 atom stereocenters. The van der Waals surface area contributed by atoms with Crippen molar-refractivity contribution in [1.82, 2.24) is 10.0 Å². The van der Waals surface area contributed by atoms with Crippen LogP contribution in [0, 0.1) is 17.0 Å². The summed E-state index contributed by atoms with van der Waals surface area (Å²) >= 11 is 0. The molecular weight excluding hydrogens is 294 g/mol. The Balaban J connectivity index is 2.13. The van der Waals surface area contributed by atoms with Crippen molar-refractivity contribution in [2.75, 3.05) is 13.1 Å². The normalized spacial score (nSPS) is 18.8. The van der Waals surface area contributed by atoms with Gasteiger partial charge in [-0.25, -0.2) is 13.1 Å². The van der Waals surface area contributed by atoms with Crippen LogP contribution in [-0.4, -0.2) is 32.5 Å². The summed E-state index contributed by atoms with van der Waals surface area (Å²) in [5.74, 6) is 0. The summed E-state index contributed by atoms with van der Waals surface area (Å²) in [5, 5.41) is 14.3. The van der Waals surface area contributed by atoms with Crippen LogP contribution in [0.1, 0.15) is 24.8 Å². The molecule has 0 saturated carbocycles. The summed E-state index contributed by atoms with van der Waals surface area (Å²) in [6.45, 7) is 2.78. The molecule has 0 spiro atoms. The van der Waals surface area contributed by atoms with E-state index in [-0.39, 0.29) is 17.1 Å². The van der Waals surface area contributed by atoms with Gasteiger partial charge >= 0.3 is 0 Å². The number of hydrogen-bond donors (Lipinski definition) is 2. The second-order valence-electron chi connectivity index (χ2n) is 5.16. The Hall–Kier alpha value is -1.51. The van der Waals surface area contributed by atoms with Gasteiger partial charge in [-0.05, 0) is 38.3 Å². The molecule has 1 fully saturated rings. The first-order valence-electron chi connectivity index (χ1n) is 6.89. The zero-order chi connectivity index (χ0) is 15.5. The molecule has 0 bridgehead atoms.